The highest BCUT2D eigenvalue weighted by Crippen LogP contribution is 2.16. The lowest BCUT2D eigenvalue weighted by molar-refractivity contribution is -0.133. The van der Waals surface area contributed by atoms with Gasteiger partial charge < -0.3 is 5.11 Å². The van der Waals surface area contributed by atoms with Crippen LogP contribution >= 0.6 is 11.8 Å². The summed E-state index contributed by atoms with van der Waals surface area (Å²) in [5.41, 5.74) is 0.157. The Morgan fingerprint density at radius 1 is 1.64 bits per heavy atom. The maximum atomic E-state index is 10.8. The first-order valence-corrected chi connectivity index (χ1v) is 3.91. The average molecular weight is 170 g/mol. The number of aliphatic carboxylic acids is 1. The molecule has 0 unspecified atom stereocenters. The predicted octanol–water partition coefficient (Wildman–Crippen LogP) is 1.17. The van der Waals surface area contributed by atoms with E-state index in [1.807, 2.05) is 0 Å². The third kappa shape index (κ3) is 2.23. The second kappa shape index (κ2) is 3.39. The van der Waals surface area contributed by atoms with Crippen molar-refractivity contribution in [1.82, 2.24) is 0 Å². The van der Waals surface area contributed by atoms with Crippen LogP contribution < -0.4 is 0 Å². The molecule has 58 valence electrons. The topological polar surface area (TPSA) is 54.4 Å². The molecule has 0 bridgehead atoms. The summed E-state index contributed by atoms with van der Waals surface area (Å²) in [6.07, 6.45) is 1.38. The molecule has 11 heavy (non-hydrogen) atoms. The van der Waals surface area contributed by atoms with Crippen LogP contribution in [0.3, 0.4) is 0 Å². The molecule has 0 aromatic heterocycles. The van der Waals surface area contributed by atoms with E-state index in [2.05, 4.69) is 0 Å². The molecule has 0 saturated heterocycles. The van der Waals surface area contributed by atoms with E-state index in [0.717, 1.165) is 0 Å². The number of carbonyl (C=O) groups excluding carboxylic acids is 1. The SMILES string of the molecule is O=C1C=CSC=C(C(=O)O)C1. The fraction of sp³-hybridized carbons (Fsp3) is 0.143. The molecule has 0 saturated carbocycles. The van der Waals surface area contributed by atoms with E-state index in [4.69, 9.17) is 5.11 Å². The van der Waals surface area contributed by atoms with E-state index in [0.29, 0.717) is 0 Å². The maximum Gasteiger partial charge on any atom is 0.332 e. The second-order valence-corrected chi connectivity index (χ2v) is 2.81. The summed E-state index contributed by atoms with van der Waals surface area (Å²) in [6.45, 7) is 0. The van der Waals surface area contributed by atoms with Gasteiger partial charge in [0.2, 0.25) is 0 Å². The van der Waals surface area contributed by atoms with Gasteiger partial charge in [-0.1, -0.05) is 0 Å². The third-order valence-electron chi connectivity index (χ3n) is 1.18. The molecule has 1 N–H and O–H groups in total. The number of allylic oxidation sites excluding steroid dienone is 1. The van der Waals surface area contributed by atoms with E-state index < -0.39 is 5.97 Å². The quantitative estimate of drug-likeness (QED) is 0.641. The van der Waals surface area contributed by atoms with Crippen LogP contribution in [0, 0.1) is 0 Å². The molecule has 0 amide bonds. The maximum absolute atomic E-state index is 10.8. The molecule has 0 aromatic carbocycles. The molecule has 1 heterocycles. The highest BCUT2D eigenvalue weighted by atomic mass is 32.2. The van der Waals surface area contributed by atoms with Gasteiger partial charge in [0.1, 0.15) is 0 Å². The molecule has 1 aliphatic heterocycles. The lowest BCUT2D eigenvalue weighted by atomic mass is 10.1. The molecule has 1 aliphatic rings. The number of carboxylic acids is 1. The Morgan fingerprint density at radius 2 is 2.36 bits per heavy atom. The van der Waals surface area contributed by atoms with Gasteiger partial charge in [0.15, 0.2) is 5.78 Å². The molecule has 0 aliphatic carbocycles. The summed E-state index contributed by atoms with van der Waals surface area (Å²) in [4.78, 5) is 21.2. The molecule has 4 heteroatoms. The first kappa shape index (κ1) is 8.07. The minimum absolute atomic E-state index is 0.00116. The van der Waals surface area contributed by atoms with Gasteiger partial charge in [-0.25, -0.2) is 4.79 Å². The van der Waals surface area contributed by atoms with Crippen LogP contribution in [-0.2, 0) is 9.59 Å². The molecule has 1 rings (SSSR count). The Kier molecular flexibility index (Phi) is 2.48. The number of hydrogen-bond acceptors (Lipinski definition) is 3. The molecule has 0 spiro atoms. The monoisotopic (exact) mass is 170 g/mol. The number of ketones is 1. The average Bonchev–Trinajstić information content (AvgIpc) is 2.13. The molecule has 0 fully saturated rings. The van der Waals surface area contributed by atoms with Crippen LogP contribution in [0.25, 0.3) is 0 Å². The Bertz CT molecular complexity index is 252. The lowest BCUT2D eigenvalue weighted by Gasteiger charge is -1.93. The fourth-order valence-corrected chi connectivity index (χ4v) is 1.31. The summed E-state index contributed by atoms with van der Waals surface area (Å²) in [5, 5.41) is 11.6. The van der Waals surface area contributed by atoms with Gasteiger partial charge in [0, 0.05) is 6.42 Å². The number of carbonyl (C=O) groups is 2. The molecule has 0 radical (unpaired) electrons. The first-order valence-electron chi connectivity index (χ1n) is 2.97. The van der Waals surface area contributed by atoms with Gasteiger partial charge >= 0.3 is 5.97 Å². The minimum atomic E-state index is -1.02. The fourth-order valence-electron chi connectivity index (χ4n) is 0.651. The second-order valence-electron chi connectivity index (χ2n) is 2.03. The number of thioether (sulfide) groups is 1. The van der Waals surface area contributed by atoms with E-state index in [9.17, 15) is 9.59 Å². The Morgan fingerprint density at radius 3 is 3.00 bits per heavy atom. The Balaban J connectivity index is 2.77. The van der Waals surface area contributed by atoms with E-state index in [1.165, 1.54) is 23.2 Å². The Labute approximate surface area is 67.8 Å². The van der Waals surface area contributed by atoms with Gasteiger partial charge in [0.25, 0.3) is 0 Å². The van der Waals surface area contributed by atoms with Crippen molar-refractivity contribution in [3.63, 3.8) is 0 Å². The van der Waals surface area contributed by atoms with Crippen LogP contribution in [-0.4, -0.2) is 16.9 Å². The van der Waals surface area contributed by atoms with Crippen molar-refractivity contribution >= 4 is 23.5 Å². The third-order valence-corrected chi connectivity index (χ3v) is 1.90. The first-order chi connectivity index (χ1) is 5.20. The van der Waals surface area contributed by atoms with Crippen molar-refractivity contribution in [2.24, 2.45) is 0 Å². The van der Waals surface area contributed by atoms with Crippen molar-refractivity contribution in [3.8, 4) is 0 Å². The summed E-state index contributed by atoms with van der Waals surface area (Å²) < 4.78 is 0. The molecular weight excluding hydrogens is 164 g/mol. The zero-order valence-corrected chi connectivity index (χ0v) is 6.43. The summed E-state index contributed by atoms with van der Waals surface area (Å²) in [6, 6.07) is 0. The van der Waals surface area contributed by atoms with Crippen molar-refractivity contribution in [2.75, 3.05) is 0 Å². The van der Waals surface area contributed by atoms with Crippen LogP contribution in [0.5, 0.6) is 0 Å². The zero-order valence-electron chi connectivity index (χ0n) is 5.61. The van der Waals surface area contributed by atoms with E-state index in [-0.39, 0.29) is 17.8 Å². The number of rotatable bonds is 1. The van der Waals surface area contributed by atoms with Crippen molar-refractivity contribution in [3.05, 3.63) is 22.5 Å². The minimum Gasteiger partial charge on any atom is -0.478 e. The van der Waals surface area contributed by atoms with Gasteiger partial charge in [-0.3, -0.25) is 4.79 Å². The number of carboxylic acid groups (broad SMARTS) is 1. The van der Waals surface area contributed by atoms with Gasteiger partial charge in [0.05, 0.1) is 5.57 Å². The number of hydrogen-bond donors (Lipinski definition) is 1. The van der Waals surface area contributed by atoms with Crippen molar-refractivity contribution < 1.29 is 14.7 Å². The van der Waals surface area contributed by atoms with E-state index in [1.54, 1.807) is 5.41 Å². The van der Waals surface area contributed by atoms with Crippen molar-refractivity contribution in [1.29, 1.82) is 0 Å². The van der Waals surface area contributed by atoms with Crippen LogP contribution in [0.2, 0.25) is 0 Å². The smallest absolute Gasteiger partial charge is 0.332 e. The molecule has 0 atom stereocenters. The highest BCUT2D eigenvalue weighted by molar-refractivity contribution is 8.05. The van der Waals surface area contributed by atoms with Gasteiger partial charge in [-0.15, -0.1) is 11.8 Å². The van der Waals surface area contributed by atoms with Gasteiger partial charge in [-0.2, -0.15) is 0 Å². The summed E-state index contributed by atoms with van der Waals surface area (Å²) in [5.74, 6) is -1.18. The van der Waals surface area contributed by atoms with Crippen molar-refractivity contribution in [2.45, 2.75) is 6.42 Å². The summed E-state index contributed by atoms with van der Waals surface area (Å²) >= 11 is 1.21. The molecular formula is C7H6O3S. The Hall–Kier alpha value is -1.03. The van der Waals surface area contributed by atoms with Gasteiger partial charge in [-0.05, 0) is 16.9 Å². The predicted molar refractivity (Wildman–Crippen MR) is 42.1 cm³/mol. The zero-order chi connectivity index (χ0) is 8.27. The highest BCUT2D eigenvalue weighted by Gasteiger charge is 2.12. The summed E-state index contributed by atoms with van der Waals surface area (Å²) in [7, 11) is 0. The molecule has 0 aromatic rings. The standard InChI is InChI=1S/C7H6O3S/c8-6-1-2-11-4-5(3-6)7(9)10/h1-2,4H,3H2,(H,9,10). The molecule has 3 nitrogen and oxygen atoms in total. The van der Waals surface area contributed by atoms with Crippen LogP contribution in [0.15, 0.2) is 22.5 Å². The lowest BCUT2D eigenvalue weighted by Crippen LogP contribution is -2.04. The van der Waals surface area contributed by atoms with Crippen LogP contribution in [0.4, 0.5) is 0 Å². The largest absolute Gasteiger partial charge is 0.478 e. The van der Waals surface area contributed by atoms with E-state index >= 15 is 0 Å². The normalized spacial score (nSPS) is 17.5. The van der Waals surface area contributed by atoms with Crippen LogP contribution in [0.1, 0.15) is 6.42 Å².